The molecule has 2 fully saturated rings. The number of nitrogens with zero attached hydrogens (tertiary/aromatic N) is 3. The Kier molecular flexibility index (Phi) is 7.32. The average molecular weight is 498 g/mol. The van der Waals surface area contributed by atoms with Crippen molar-refractivity contribution in [1.29, 1.82) is 0 Å². The Morgan fingerprint density at radius 2 is 1.86 bits per heavy atom. The third kappa shape index (κ3) is 5.52. The van der Waals surface area contributed by atoms with Crippen LogP contribution >= 0.6 is 0 Å². The second-order valence-corrected chi connectivity index (χ2v) is 9.02. The lowest BCUT2D eigenvalue weighted by Crippen LogP contribution is -2.51. The fourth-order valence-corrected chi connectivity index (χ4v) is 4.34. The number of piperazine rings is 1. The monoisotopic (exact) mass is 497 g/mol. The number of ketones is 1. The zero-order valence-corrected chi connectivity index (χ0v) is 19.9. The van der Waals surface area contributed by atoms with Crippen molar-refractivity contribution in [3.63, 3.8) is 0 Å². The molecule has 2 atom stereocenters. The predicted octanol–water partition coefficient (Wildman–Crippen LogP) is 0.864. The average Bonchev–Trinajstić information content (AvgIpc) is 3.22. The van der Waals surface area contributed by atoms with Gasteiger partial charge in [-0.15, -0.1) is 0 Å². The van der Waals surface area contributed by atoms with Crippen LogP contribution in [-0.2, 0) is 25.7 Å². The number of amides is 3. The highest BCUT2D eigenvalue weighted by Crippen LogP contribution is 2.30. The summed E-state index contributed by atoms with van der Waals surface area (Å²) in [5.74, 6) is -1.36. The molecule has 0 spiro atoms. The topological polar surface area (TPSA) is 139 Å². The molecule has 0 aromatic heterocycles. The van der Waals surface area contributed by atoms with Crippen LogP contribution < -0.4 is 16.4 Å². The molecule has 0 saturated carbocycles. The number of hydrogen-bond acceptors (Lipinski definition) is 7. The van der Waals surface area contributed by atoms with E-state index in [1.165, 1.54) is 17.9 Å². The molecule has 11 heteroatoms. The number of ether oxygens (including phenoxy) is 1. The van der Waals surface area contributed by atoms with E-state index in [9.17, 15) is 19.2 Å². The second-order valence-electron chi connectivity index (χ2n) is 9.02. The zero-order valence-electron chi connectivity index (χ0n) is 19.9. The third-order valence-electron chi connectivity index (χ3n) is 6.38. The minimum atomic E-state index is -0.934. The summed E-state index contributed by atoms with van der Waals surface area (Å²) in [6.45, 7) is 3.05. The van der Waals surface area contributed by atoms with Gasteiger partial charge in [0.15, 0.2) is 0 Å². The first-order chi connectivity index (χ1) is 17.1. The summed E-state index contributed by atoms with van der Waals surface area (Å²) in [5.41, 5.74) is 13.2. The van der Waals surface area contributed by atoms with Crippen LogP contribution in [0.3, 0.4) is 0 Å². The first-order valence-corrected chi connectivity index (χ1v) is 11.5. The second kappa shape index (κ2) is 10.4. The summed E-state index contributed by atoms with van der Waals surface area (Å²) in [6.07, 6.45) is -1.47. The van der Waals surface area contributed by atoms with E-state index >= 15 is 4.39 Å². The fraction of sp³-hybridized carbons (Fsp3) is 0.360. The Balaban J connectivity index is 1.41. The molecule has 10 nitrogen and oxygen atoms in total. The molecule has 2 aromatic rings. The molecule has 2 aliphatic rings. The quantitative estimate of drug-likeness (QED) is 0.552. The normalized spacial score (nSPS) is 19.4. The van der Waals surface area contributed by atoms with Gasteiger partial charge in [0, 0.05) is 25.2 Å². The highest BCUT2D eigenvalue weighted by atomic mass is 19.1. The molecule has 190 valence electrons. The SMILES string of the molecule is CC(=O)[C@@H](N)C1CN(c2ccc(-c3ccc(CN4CCN(CC(N)=O)CC4=O)cc3)c(F)c2)C(=O)O1. The van der Waals surface area contributed by atoms with Crippen LogP contribution in [0, 0.1) is 5.82 Å². The summed E-state index contributed by atoms with van der Waals surface area (Å²) in [4.78, 5) is 51.9. The molecule has 2 heterocycles. The van der Waals surface area contributed by atoms with Crippen molar-refractivity contribution in [3.8, 4) is 11.1 Å². The first-order valence-electron chi connectivity index (χ1n) is 11.5. The molecule has 2 aliphatic heterocycles. The van der Waals surface area contributed by atoms with Crippen LogP contribution in [-0.4, -0.2) is 78.4 Å². The number of cyclic esters (lactones) is 1. The lowest BCUT2D eigenvalue weighted by atomic mass is 10.0. The molecule has 2 saturated heterocycles. The van der Waals surface area contributed by atoms with Gasteiger partial charge in [-0.05, 0) is 36.2 Å². The lowest BCUT2D eigenvalue weighted by Gasteiger charge is -2.33. The maximum absolute atomic E-state index is 15.0. The van der Waals surface area contributed by atoms with E-state index in [2.05, 4.69) is 0 Å². The van der Waals surface area contributed by atoms with Crippen molar-refractivity contribution in [3.05, 3.63) is 53.8 Å². The van der Waals surface area contributed by atoms with Gasteiger partial charge in [0.1, 0.15) is 23.7 Å². The number of carbonyl (C=O) groups is 4. The number of primary amides is 1. The maximum atomic E-state index is 15.0. The van der Waals surface area contributed by atoms with Gasteiger partial charge in [0.05, 0.1) is 25.3 Å². The van der Waals surface area contributed by atoms with E-state index in [-0.39, 0.29) is 31.3 Å². The smallest absolute Gasteiger partial charge is 0.414 e. The van der Waals surface area contributed by atoms with Crippen LogP contribution in [0.2, 0.25) is 0 Å². The van der Waals surface area contributed by atoms with Gasteiger partial charge < -0.3 is 21.1 Å². The minimum absolute atomic E-state index is 0.0581. The number of benzene rings is 2. The number of halogens is 1. The van der Waals surface area contributed by atoms with Gasteiger partial charge >= 0.3 is 6.09 Å². The molecule has 0 radical (unpaired) electrons. The number of rotatable bonds is 8. The summed E-state index contributed by atoms with van der Waals surface area (Å²) in [6, 6.07) is 10.7. The van der Waals surface area contributed by atoms with Crippen molar-refractivity contribution < 1.29 is 28.3 Å². The Hall–Kier alpha value is -3.83. The van der Waals surface area contributed by atoms with E-state index in [1.807, 2.05) is 12.1 Å². The van der Waals surface area contributed by atoms with Crippen molar-refractivity contribution in [2.24, 2.45) is 11.5 Å². The van der Waals surface area contributed by atoms with Crippen LogP contribution in [0.4, 0.5) is 14.9 Å². The molecule has 4 N–H and O–H groups in total. The molecule has 0 aliphatic carbocycles. The summed E-state index contributed by atoms with van der Waals surface area (Å²) in [5, 5.41) is 0. The Morgan fingerprint density at radius 1 is 1.14 bits per heavy atom. The Labute approximate surface area is 207 Å². The van der Waals surface area contributed by atoms with Gasteiger partial charge in [0.2, 0.25) is 11.8 Å². The van der Waals surface area contributed by atoms with Gasteiger partial charge in [-0.2, -0.15) is 0 Å². The van der Waals surface area contributed by atoms with Crippen molar-refractivity contribution in [2.45, 2.75) is 25.6 Å². The first kappa shape index (κ1) is 25.3. The molecular formula is C25H28FN5O5. The Morgan fingerprint density at radius 3 is 2.47 bits per heavy atom. The van der Waals surface area contributed by atoms with Gasteiger partial charge in [-0.25, -0.2) is 9.18 Å². The van der Waals surface area contributed by atoms with Crippen LogP contribution in [0.1, 0.15) is 12.5 Å². The van der Waals surface area contributed by atoms with E-state index in [0.717, 1.165) is 5.56 Å². The maximum Gasteiger partial charge on any atom is 0.414 e. The summed E-state index contributed by atoms with van der Waals surface area (Å²) < 4.78 is 20.2. The standard InChI is InChI=1S/C25H28FN5O5/c1-15(32)24(28)21-12-31(25(35)36-21)18-6-7-19(20(26)10-18)17-4-2-16(3-5-17)11-30-9-8-29(13-22(27)33)14-23(30)34/h2-7,10,21,24H,8-9,11-14,28H2,1H3,(H2,27,33)/t21?,24-/m1/s1. The minimum Gasteiger partial charge on any atom is -0.442 e. The number of nitrogens with two attached hydrogens (primary N) is 2. The van der Waals surface area contributed by atoms with Crippen molar-refractivity contribution in [2.75, 3.05) is 37.6 Å². The number of hydrogen-bond donors (Lipinski definition) is 2. The van der Waals surface area contributed by atoms with Crippen molar-refractivity contribution >= 4 is 29.4 Å². The fourth-order valence-electron chi connectivity index (χ4n) is 4.34. The predicted molar refractivity (Wildman–Crippen MR) is 129 cm³/mol. The molecule has 0 bridgehead atoms. The molecule has 1 unspecified atom stereocenters. The van der Waals surface area contributed by atoms with Gasteiger partial charge in [-0.3, -0.25) is 24.2 Å². The summed E-state index contributed by atoms with van der Waals surface area (Å²) >= 11 is 0. The molecule has 36 heavy (non-hydrogen) atoms. The number of anilines is 1. The number of carbonyl (C=O) groups excluding carboxylic acids is 4. The molecule has 2 aromatic carbocycles. The van der Waals surface area contributed by atoms with Crippen LogP contribution in [0.25, 0.3) is 11.1 Å². The highest BCUT2D eigenvalue weighted by Gasteiger charge is 2.38. The number of Topliss-reactive ketones (excluding diaryl/α,β-unsaturated/α-hetero) is 1. The van der Waals surface area contributed by atoms with Gasteiger partial charge in [0.25, 0.3) is 0 Å². The van der Waals surface area contributed by atoms with E-state index in [4.69, 9.17) is 16.2 Å². The van der Waals surface area contributed by atoms with Crippen molar-refractivity contribution in [1.82, 2.24) is 9.80 Å². The lowest BCUT2D eigenvalue weighted by molar-refractivity contribution is -0.137. The van der Waals surface area contributed by atoms with Crippen LogP contribution in [0.5, 0.6) is 0 Å². The molecular weight excluding hydrogens is 469 g/mol. The molecule has 3 amide bonds. The zero-order chi connectivity index (χ0) is 26.0. The largest absolute Gasteiger partial charge is 0.442 e. The van der Waals surface area contributed by atoms with E-state index in [1.54, 1.807) is 34.1 Å². The van der Waals surface area contributed by atoms with E-state index in [0.29, 0.717) is 36.4 Å². The van der Waals surface area contributed by atoms with Gasteiger partial charge in [-0.1, -0.05) is 24.3 Å². The highest BCUT2D eigenvalue weighted by molar-refractivity contribution is 5.92. The van der Waals surface area contributed by atoms with Crippen LogP contribution in [0.15, 0.2) is 42.5 Å². The molecule has 4 rings (SSSR count). The van der Waals surface area contributed by atoms with E-state index < -0.39 is 30.0 Å². The summed E-state index contributed by atoms with van der Waals surface area (Å²) in [7, 11) is 0. The third-order valence-corrected chi connectivity index (χ3v) is 6.38. The Bertz CT molecular complexity index is 1190.